The molecular weight excluding hydrogens is 416 g/mol. The molecule has 0 spiro atoms. The van der Waals surface area contributed by atoms with Gasteiger partial charge in [0, 0.05) is 11.7 Å². The Hall–Kier alpha value is -3.78. The second-order valence-corrected chi connectivity index (χ2v) is 7.05. The second kappa shape index (κ2) is 10.5. The number of hydrogen-bond donors (Lipinski definition) is 3. The van der Waals surface area contributed by atoms with Crippen LogP contribution >= 0.6 is 0 Å². The molecule has 0 aromatic heterocycles. The van der Waals surface area contributed by atoms with Crippen LogP contribution in [0.3, 0.4) is 0 Å². The molecule has 32 heavy (non-hydrogen) atoms. The van der Waals surface area contributed by atoms with Crippen molar-refractivity contribution < 1.29 is 23.1 Å². The maximum Gasteiger partial charge on any atom is 0.257 e. The average Bonchev–Trinajstić information content (AvgIpc) is 2.80. The number of amides is 2. The minimum absolute atomic E-state index is 0.0887. The van der Waals surface area contributed by atoms with Gasteiger partial charge in [-0.3, -0.25) is 9.59 Å². The molecule has 8 heteroatoms. The van der Waals surface area contributed by atoms with Gasteiger partial charge in [0.25, 0.3) is 5.91 Å². The van der Waals surface area contributed by atoms with Crippen LogP contribution in [0.1, 0.15) is 28.9 Å². The number of nitrogens with one attached hydrogen (secondary N) is 3. The predicted molar refractivity (Wildman–Crippen MR) is 119 cm³/mol. The number of halogens is 2. The Morgan fingerprint density at radius 1 is 0.938 bits per heavy atom. The van der Waals surface area contributed by atoms with Crippen molar-refractivity contribution in [2.45, 2.75) is 13.0 Å². The minimum atomic E-state index is -0.947. The van der Waals surface area contributed by atoms with Crippen LogP contribution < -0.4 is 20.7 Å². The average molecular weight is 439 g/mol. The van der Waals surface area contributed by atoms with Gasteiger partial charge in [0.1, 0.15) is 5.75 Å². The normalized spacial score (nSPS) is 11.5. The maximum absolute atomic E-state index is 13.4. The summed E-state index contributed by atoms with van der Waals surface area (Å²) in [6.07, 6.45) is 0. The quantitative estimate of drug-likeness (QED) is 0.482. The molecule has 0 heterocycles. The van der Waals surface area contributed by atoms with Crippen LogP contribution in [0.2, 0.25) is 0 Å². The van der Waals surface area contributed by atoms with Gasteiger partial charge in [-0.15, -0.1) is 0 Å². The first-order valence-electron chi connectivity index (χ1n) is 9.90. The summed E-state index contributed by atoms with van der Waals surface area (Å²) in [5.41, 5.74) is 1.74. The number of rotatable bonds is 8. The van der Waals surface area contributed by atoms with Gasteiger partial charge in [-0.1, -0.05) is 18.2 Å². The Morgan fingerprint density at radius 3 is 2.34 bits per heavy atom. The SMILES string of the molecule is COc1ccc(NC(=O)c2ccccc2NC(=O)CN[C@H](C)c2ccc(F)c(F)c2)cc1. The van der Waals surface area contributed by atoms with Crippen molar-refractivity contribution in [3.63, 3.8) is 0 Å². The summed E-state index contributed by atoms with van der Waals surface area (Å²) in [6.45, 7) is 1.64. The van der Waals surface area contributed by atoms with Crippen molar-refractivity contribution >= 4 is 23.2 Å². The van der Waals surface area contributed by atoms with E-state index in [1.165, 1.54) is 6.07 Å². The van der Waals surface area contributed by atoms with Crippen LogP contribution in [0.25, 0.3) is 0 Å². The third kappa shape index (κ3) is 5.89. The standard InChI is InChI=1S/C24H23F2N3O3/c1-15(16-7-12-20(25)21(26)13-16)27-14-23(30)29-22-6-4-3-5-19(22)24(31)28-17-8-10-18(32-2)11-9-17/h3-13,15,27H,14H2,1-2H3,(H,28,31)(H,29,30)/t15-/m1/s1. The van der Waals surface area contributed by atoms with Crippen molar-refractivity contribution in [2.24, 2.45) is 0 Å². The Balaban J connectivity index is 1.61. The molecule has 3 aromatic rings. The number of hydrogen-bond acceptors (Lipinski definition) is 4. The van der Waals surface area contributed by atoms with E-state index in [0.717, 1.165) is 12.1 Å². The monoisotopic (exact) mass is 439 g/mol. The molecule has 6 nitrogen and oxygen atoms in total. The van der Waals surface area contributed by atoms with E-state index >= 15 is 0 Å². The van der Waals surface area contributed by atoms with Crippen molar-refractivity contribution in [1.29, 1.82) is 0 Å². The Labute approximate surface area is 184 Å². The fourth-order valence-electron chi connectivity index (χ4n) is 3.00. The maximum atomic E-state index is 13.4. The highest BCUT2D eigenvalue weighted by atomic mass is 19.2. The number of carbonyl (C=O) groups excluding carboxylic acids is 2. The predicted octanol–water partition coefficient (Wildman–Crippen LogP) is 4.52. The highest BCUT2D eigenvalue weighted by Gasteiger charge is 2.15. The van der Waals surface area contributed by atoms with E-state index in [9.17, 15) is 18.4 Å². The molecule has 0 saturated heterocycles. The molecule has 3 aromatic carbocycles. The van der Waals surface area contributed by atoms with E-state index in [1.54, 1.807) is 62.6 Å². The molecule has 0 aliphatic rings. The topological polar surface area (TPSA) is 79.5 Å². The van der Waals surface area contributed by atoms with Crippen molar-refractivity contribution in [2.75, 3.05) is 24.3 Å². The Morgan fingerprint density at radius 2 is 1.66 bits per heavy atom. The molecule has 0 fully saturated rings. The van der Waals surface area contributed by atoms with E-state index in [2.05, 4.69) is 16.0 Å². The van der Waals surface area contributed by atoms with E-state index in [1.807, 2.05) is 0 Å². The molecular formula is C24H23F2N3O3. The molecule has 0 aliphatic heterocycles. The zero-order valence-electron chi connectivity index (χ0n) is 17.6. The molecule has 0 bridgehead atoms. The van der Waals surface area contributed by atoms with Crippen LogP contribution in [-0.4, -0.2) is 25.5 Å². The summed E-state index contributed by atoms with van der Waals surface area (Å²) in [6, 6.07) is 16.7. The highest BCUT2D eigenvalue weighted by molar-refractivity contribution is 6.10. The van der Waals surface area contributed by atoms with E-state index < -0.39 is 11.6 Å². The van der Waals surface area contributed by atoms with Gasteiger partial charge in [-0.05, 0) is 61.0 Å². The smallest absolute Gasteiger partial charge is 0.257 e. The number of ether oxygens (including phenoxy) is 1. The number of para-hydroxylation sites is 1. The van der Waals surface area contributed by atoms with Crippen LogP contribution in [0, 0.1) is 11.6 Å². The second-order valence-electron chi connectivity index (χ2n) is 7.05. The number of methoxy groups -OCH3 is 1. The zero-order chi connectivity index (χ0) is 23.1. The van der Waals surface area contributed by atoms with Gasteiger partial charge in [0.15, 0.2) is 11.6 Å². The lowest BCUT2D eigenvalue weighted by atomic mass is 10.1. The van der Waals surface area contributed by atoms with Gasteiger partial charge in [-0.2, -0.15) is 0 Å². The fourth-order valence-corrected chi connectivity index (χ4v) is 3.00. The minimum Gasteiger partial charge on any atom is -0.497 e. The Bertz CT molecular complexity index is 1100. The number of benzene rings is 3. The number of carbonyl (C=O) groups is 2. The fraction of sp³-hybridized carbons (Fsp3) is 0.167. The largest absolute Gasteiger partial charge is 0.497 e. The molecule has 0 saturated carbocycles. The summed E-state index contributed by atoms with van der Waals surface area (Å²) in [7, 11) is 1.56. The summed E-state index contributed by atoms with van der Waals surface area (Å²) in [5, 5.41) is 8.43. The van der Waals surface area contributed by atoms with Crippen LogP contribution in [-0.2, 0) is 4.79 Å². The molecule has 3 rings (SSSR count). The van der Waals surface area contributed by atoms with Crippen LogP contribution in [0.5, 0.6) is 5.75 Å². The molecule has 0 unspecified atom stereocenters. The van der Waals surface area contributed by atoms with Gasteiger partial charge in [0.05, 0.1) is 24.9 Å². The van der Waals surface area contributed by atoms with Crippen molar-refractivity contribution in [1.82, 2.24) is 5.32 Å². The lowest BCUT2D eigenvalue weighted by Gasteiger charge is -2.15. The third-order valence-electron chi connectivity index (χ3n) is 4.81. The molecule has 166 valence electrons. The Kier molecular flexibility index (Phi) is 7.51. The van der Waals surface area contributed by atoms with Crippen molar-refractivity contribution in [3.05, 3.63) is 89.5 Å². The molecule has 2 amide bonds. The van der Waals surface area contributed by atoms with Gasteiger partial charge in [0.2, 0.25) is 5.91 Å². The van der Waals surface area contributed by atoms with E-state index in [4.69, 9.17) is 4.74 Å². The molecule has 3 N–H and O–H groups in total. The van der Waals surface area contributed by atoms with E-state index in [-0.39, 0.29) is 24.4 Å². The first-order valence-corrected chi connectivity index (χ1v) is 9.90. The zero-order valence-corrected chi connectivity index (χ0v) is 17.6. The highest BCUT2D eigenvalue weighted by Crippen LogP contribution is 2.20. The summed E-state index contributed by atoms with van der Waals surface area (Å²) < 4.78 is 31.6. The molecule has 0 radical (unpaired) electrons. The third-order valence-corrected chi connectivity index (χ3v) is 4.81. The van der Waals surface area contributed by atoms with Crippen LogP contribution in [0.4, 0.5) is 20.2 Å². The first-order chi connectivity index (χ1) is 15.4. The molecule has 0 aliphatic carbocycles. The summed E-state index contributed by atoms with van der Waals surface area (Å²) >= 11 is 0. The number of anilines is 2. The van der Waals surface area contributed by atoms with Gasteiger partial charge in [-0.25, -0.2) is 8.78 Å². The lowest BCUT2D eigenvalue weighted by molar-refractivity contribution is -0.115. The van der Waals surface area contributed by atoms with Gasteiger partial charge >= 0.3 is 0 Å². The van der Waals surface area contributed by atoms with Gasteiger partial charge < -0.3 is 20.7 Å². The summed E-state index contributed by atoms with van der Waals surface area (Å²) in [4.78, 5) is 25.1. The summed E-state index contributed by atoms with van der Waals surface area (Å²) in [5.74, 6) is -1.97. The van der Waals surface area contributed by atoms with Crippen molar-refractivity contribution in [3.8, 4) is 5.75 Å². The van der Waals surface area contributed by atoms with E-state index in [0.29, 0.717) is 28.3 Å². The lowest BCUT2D eigenvalue weighted by Crippen LogP contribution is -2.30. The first kappa shape index (κ1) is 22.9. The molecule has 1 atom stereocenters. The van der Waals surface area contributed by atoms with Crippen LogP contribution in [0.15, 0.2) is 66.7 Å².